The highest BCUT2D eigenvalue weighted by Crippen LogP contribution is 2.30. The van der Waals surface area contributed by atoms with Crippen molar-refractivity contribution in [3.8, 4) is 34.5 Å². The molecule has 26 heavy (non-hydrogen) atoms. The quantitative estimate of drug-likeness (QED) is 0.549. The number of hydrogen-bond acceptors (Lipinski definition) is 6. The molecule has 2 heterocycles. The van der Waals surface area contributed by atoms with Crippen molar-refractivity contribution in [2.75, 3.05) is 14.2 Å². The van der Waals surface area contributed by atoms with Gasteiger partial charge in [0, 0.05) is 11.6 Å². The SMILES string of the molecule is COc1ccc(-c2nnc3ccc(Oc4ccccc4OC)nn23)cc1. The van der Waals surface area contributed by atoms with E-state index in [0.717, 1.165) is 11.3 Å². The molecular formula is C19H16N4O3. The lowest BCUT2D eigenvalue weighted by molar-refractivity contribution is 0.372. The molecule has 2 aromatic carbocycles. The van der Waals surface area contributed by atoms with Gasteiger partial charge in [-0.1, -0.05) is 12.1 Å². The first kappa shape index (κ1) is 15.9. The molecular weight excluding hydrogens is 332 g/mol. The first-order valence-corrected chi connectivity index (χ1v) is 7.96. The van der Waals surface area contributed by atoms with E-state index in [4.69, 9.17) is 14.2 Å². The number of aromatic nitrogens is 4. The van der Waals surface area contributed by atoms with Gasteiger partial charge in [0.25, 0.3) is 0 Å². The van der Waals surface area contributed by atoms with Crippen molar-refractivity contribution < 1.29 is 14.2 Å². The van der Waals surface area contributed by atoms with Gasteiger partial charge in [-0.25, -0.2) is 0 Å². The van der Waals surface area contributed by atoms with Gasteiger partial charge in [-0.3, -0.25) is 0 Å². The van der Waals surface area contributed by atoms with Gasteiger partial charge in [-0.05, 0) is 42.5 Å². The van der Waals surface area contributed by atoms with E-state index in [1.807, 2.05) is 48.5 Å². The first-order chi connectivity index (χ1) is 12.8. The highest BCUT2D eigenvalue weighted by Gasteiger charge is 2.12. The van der Waals surface area contributed by atoms with Crippen molar-refractivity contribution >= 4 is 5.65 Å². The second kappa shape index (κ2) is 6.72. The number of rotatable bonds is 5. The molecule has 0 saturated carbocycles. The lowest BCUT2D eigenvalue weighted by Crippen LogP contribution is -1.98. The maximum absolute atomic E-state index is 5.87. The summed E-state index contributed by atoms with van der Waals surface area (Å²) >= 11 is 0. The third kappa shape index (κ3) is 2.90. The van der Waals surface area contributed by atoms with Crippen LogP contribution in [0.3, 0.4) is 0 Å². The Labute approximate surface area is 149 Å². The van der Waals surface area contributed by atoms with Gasteiger partial charge in [-0.2, -0.15) is 4.52 Å². The third-order valence-corrected chi connectivity index (χ3v) is 3.87. The topological polar surface area (TPSA) is 70.8 Å². The summed E-state index contributed by atoms with van der Waals surface area (Å²) < 4.78 is 18.0. The van der Waals surface area contributed by atoms with Crippen LogP contribution in [0.25, 0.3) is 17.0 Å². The van der Waals surface area contributed by atoms with Gasteiger partial charge >= 0.3 is 0 Å². The Kier molecular flexibility index (Phi) is 4.10. The summed E-state index contributed by atoms with van der Waals surface area (Å²) in [7, 11) is 3.23. The molecule has 0 aliphatic heterocycles. The Morgan fingerprint density at radius 3 is 2.27 bits per heavy atom. The third-order valence-electron chi connectivity index (χ3n) is 3.87. The largest absolute Gasteiger partial charge is 0.497 e. The number of hydrogen-bond donors (Lipinski definition) is 0. The predicted molar refractivity (Wildman–Crippen MR) is 95.8 cm³/mol. The minimum absolute atomic E-state index is 0.413. The maximum atomic E-state index is 5.87. The van der Waals surface area contributed by atoms with Crippen LogP contribution in [0.1, 0.15) is 0 Å². The van der Waals surface area contributed by atoms with Crippen LogP contribution in [0.15, 0.2) is 60.7 Å². The zero-order chi connectivity index (χ0) is 17.9. The van der Waals surface area contributed by atoms with E-state index >= 15 is 0 Å². The monoisotopic (exact) mass is 348 g/mol. The van der Waals surface area contributed by atoms with E-state index in [9.17, 15) is 0 Å². The van der Waals surface area contributed by atoms with E-state index in [0.29, 0.717) is 28.9 Å². The molecule has 0 radical (unpaired) electrons. The van der Waals surface area contributed by atoms with E-state index < -0.39 is 0 Å². The van der Waals surface area contributed by atoms with Gasteiger partial charge in [0.1, 0.15) is 5.75 Å². The normalized spacial score (nSPS) is 10.7. The summed E-state index contributed by atoms with van der Waals surface area (Å²) in [6.45, 7) is 0. The fourth-order valence-corrected chi connectivity index (χ4v) is 2.56. The van der Waals surface area contributed by atoms with Crippen LogP contribution in [0.2, 0.25) is 0 Å². The molecule has 0 fully saturated rings. The van der Waals surface area contributed by atoms with Gasteiger partial charge in [0.2, 0.25) is 5.88 Å². The summed E-state index contributed by atoms with van der Waals surface area (Å²) in [4.78, 5) is 0. The van der Waals surface area contributed by atoms with Crippen molar-refractivity contribution in [2.45, 2.75) is 0 Å². The molecule has 0 N–H and O–H groups in total. The average Bonchev–Trinajstić information content (AvgIpc) is 3.12. The predicted octanol–water partition coefficient (Wildman–Crippen LogP) is 3.60. The summed E-state index contributed by atoms with van der Waals surface area (Å²) in [5, 5.41) is 12.9. The zero-order valence-corrected chi connectivity index (χ0v) is 14.3. The van der Waals surface area contributed by atoms with Crippen LogP contribution in [-0.2, 0) is 0 Å². The Bertz CT molecular complexity index is 1040. The van der Waals surface area contributed by atoms with Crippen molar-refractivity contribution in [3.05, 3.63) is 60.7 Å². The van der Waals surface area contributed by atoms with Crippen molar-refractivity contribution in [1.29, 1.82) is 0 Å². The molecule has 0 unspecified atom stereocenters. The van der Waals surface area contributed by atoms with E-state index in [2.05, 4.69) is 15.3 Å². The molecule has 7 nitrogen and oxygen atoms in total. The number of methoxy groups -OCH3 is 2. The molecule has 0 aliphatic rings. The Hall–Kier alpha value is -3.61. The lowest BCUT2D eigenvalue weighted by atomic mass is 10.2. The Morgan fingerprint density at radius 2 is 1.54 bits per heavy atom. The molecule has 0 aliphatic carbocycles. The minimum Gasteiger partial charge on any atom is -0.497 e. The van der Waals surface area contributed by atoms with Crippen LogP contribution >= 0.6 is 0 Å². The van der Waals surface area contributed by atoms with E-state index in [1.54, 1.807) is 30.9 Å². The average molecular weight is 348 g/mol. The summed E-state index contributed by atoms with van der Waals surface area (Å²) in [5.41, 5.74) is 1.50. The minimum atomic E-state index is 0.413. The molecule has 4 rings (SSSR count). The fraction of sp³-hybridized carbons (Fsp3) is 0.105. The van der Waals surface area contributed by atoms with Crippen molar-refractivity contribution in [3.63, 3.8) is 0 Å². The first-order valence-electron chi connectivity index (χ1n) is 7.96. The number of nitrogens with zero attached hydrogens (tertiary/aromatic N) is 4. The van der Waals surface area contributed by atoms with Gasteiger partial charge < -0.3 is 14.2 Å². The van der Waals surface area contributed by atoms with Gasteiger partial charge in [0.15, 0.2) is 23.0 Å². The fourth-order valence-electron chi connectivity index (χ4n) is 2.56. The molecule has 7 heteroatoms. The zero-order valence-electron chi connectivity index (χ0n) is 14.3. The van der Waals surface area contributed by atoms with Crippen LogP contribution in [0, 0.1) is 0 Å². The summed E-state index contributed by atoms with van der Waals surface area (Å²) in [5.74, 6) is 3.02. The number of benzene rings is 2. The Morgan fingerprint density at radius 1 is 0.769 bits per heavy atom. The lowest BCUT2D eigenvalue weighted by Gasteiger charge is -2.09. The van der Waals surface area contributed by atoms with E-state index in [-0.39, 0.29) is 0 Å². The van der Waals surface area contributed by atoms with Crippen molar-refractivity contribution in [1.82, 2.24) is 19.8 Å². The number of fused-ring (bicyclic) bond motifs is 1. The molecule has 0 saturated heterocycles. The molecule has 4 aromatic rings. The second-order valence-corrected chi connectivity index (χ2v) is 5.45. The molecule has 0 bridgehead atoms. The highest BCUT2D eigenvalue weighted by molar-refractivity contribution is 5.59. The molecule has 0 atom stereocenters. The Balaban J connectivity index is 1.72. The molecule has 0 spiro atoms. The van der Waals surface area contributed by atoms with Crippen LogP contribution < -0.4 is 14.2 Å². The standard InChI is InChI=1S/C19H16N4O3/c1-24-14-9-7-13(8-10-14)19-21-20-17-11-12-18(22-23(17)19)26-16-6-4-3-5-15(16)25-2/h3-12H,1-2H3. The maximum Gasteiger partial charge on any atom is 0.237 e. The van der Waals surface area contributed by atoms with Crippen molar-refractivity contribution in [2.24, 2.45) is 0 Å². The molecule has 2 aromatic heterocycles. The highest BCUT2D eigenvalue weighted by atomic mass is 16.5. The van der Waals surface area contributed by atoms with E-state index in [1.165, 1.54) is 0 Å². The number of ether oxygens (including phenoxy) is 3. The van der Waals surface area contributed by atoms with Gasteiger partial charge in [-0.15, -0.1) is 15.3 Å². The number of para-hydroxylation sites is 2. The molecule has 0 amide bonds. The van der Waals surface area contributed by atoms with Gasteiger partial charge in [0.05, 0.1) is 14.2 Å². The van der Waals surface area contributed by atoms with Crippen LogP contribution in [0.5, 0.6) is 23.1 Å². The second-order valence-electron chi connectivity index (χ2n) is 5.45. The van der Waals surface area contributed by atoms with Crippen LogP contribution in [-0.4, -0.2) is 34.0 Å². The van der Waals surface area contributed by atoms with Crippen LogP contribution in [0.4, 0.5) is 0 Å². The smallest absolute Gasteiger partial charge is 0.237 e. The molecule has 130 valence electrons. The summed E-state index contributed by atoms with van der Waals surface area (Å²) in [6, 6.07) is 18.5. The summed E-state index contributed by atoms with van der Waals surface area (Å²) in [6.07, 6.45) is 0.